The molecule has 0 unspecified atom stereocenters. The van der Waals surface area contributed by atoms with E-state index >= 15 is 0 Å². The minimum Gasteiger partial charge on any atom is -0.657 e. The molecular formula is C91H105Au2ClN5NaO-3. The molecule has 0 spiro atoms. The second kappa shape index (κ2) is 37.1. The molecule has 10 heteroatoms. The van der Waals surface area contributed by atoms with Gasteiger partial charge in [-0.05, 0) is 156 Å². The van der Waals surface area contributed by atoms with Crippen LogP contribution in [0.3, 0.4) is 0 Å². The molecule has 2 aliphatic heterocycles. The molecule has 14 rings (SSSR count). The van der Waals surface area contributed by atoms with Crippen molar-refractivity contribution >= 4 is 76.5 Å². The molecule has 0 fully saturated rings. The van der Waals surface area contributed by atoms with Crippen molar-refractivity contribution in [3.63, 3.8) is 0 Å². The van der Waals surface area contributed by atoms with Crippen LogP contribution in [0.4, 0.5) is 45.5 Å². The first-order valence-corrected chi connectivity index (χ1v) is 38.5. The number of benzene rings is 10. The molecule has 1 aromatic heterocycles. The van der Waals surface area contributed by atoms with Gasteiger partial charge in [-0.2, -0.15) is 0 Å². The normalized spacial score (nSPS) is 12.6. The van der Waals surface area contributed by atoms with Gasteiger partial charge in [-0.25, -0.2) is 0 Å². The van der Waals surface area contributed by atoms with E-state index in [0.29, 0.717) is 47.3 Å². The van der Waals surface area contributed by atoms with Crippen molar-refractivity contribution in [2.75, 3.05) is 19.6 Å². The maximum absolute atomic E-state index is 10.1. The van der Waals surface area contributed by atoms with E-state index in [1.165, 1.54) is 123 Å². The first kappa shape index (κ1) is 82.2. The van der Waals surface area contributed by atoms with Crippen LogP contribution in [0.15, 0.2) is 218 Å². The molecule has 101 heavy (non-hydrogen) atoms. The van der Waals surface area contributed by atoms with Crippen LogP contribution in [0.2, 0.25) is 0 Å². The van der Waals surface area contributed by atoms with Crippen LogP contribution < -0.4 is 59.2 Å². The van der Waals surface area contributed by atoms with Crippen molar-refractivity contribution in [2.45, 2.75) is 191 Å². The Balaban J connectivity index is 0.000000194. The van der Waals surface area contributed by atoms with Gasteiger partial charge in [-0.1, -0.05) is 326 Å². The van der Waals surface area contributed by atoms with Gasteiger partial charge >= 0.3 is 58.7 Å². The standard InChI is InChI=1S/2C31H39N2.C13H10.C12H8N.C4H9O.2Au.ClH.Na/c2*1-20(2)24-13-11-14-25(21(3)4)30(24)32-19-33(29-18-10-9-17-28(29)32)31-26(22(5)6)15-12-16-27(31)23(7)8;1-3-7-12-10(5-1)9-11-6-2-4-8-13(11)12;1-3-7-11-9(5-1)10-6-2-4-8-12(10)13-11;1-4(2,3)5;;;;/h2*9-23H,1-8H3;1-8H,9H2;1-8H;1-3H3;;;1H;/q2*-1;;2*-1;;+1;;+1/p-1. The number of hydrogen-bond acceptors (Lipinski definition) is 5. The molecule has 6 nitrogen and oxygen atoms in total. The van der Waals surface area contributed by atoms with E-state index in [2.05, 4.69) is 364 Å². The maximum atomic E-state index is 10.1. The molecule has 1 radical (unpaired) electrons. The fourth-order valence-electron chi connectivity index (χ4n) is 13.9. The Morgan fingerprint density at radius 2 is 0.525 bits per heavy atom. The van der Waals surface area contributed by atoms with E-state index in [4.69, 9.17) is 0 Å². The molecule has 1 aliphatic carbocycles. The number of halogens is 1. The van der Waals surface area contributed by atoms with Gasteiger partial charge < -0.3 is 29.7 Å². The molecule has 0 saturated carbocycles. The zero-order chi connectivity index (χ0) is 71.6. The maximum Gasteiger partial charge on any atom is 1.00 e. The van der Waals surface area contributed by atoms with Crippen molar-refractivity contribution < 1.29 is 77.0 Å². The van der Waals surface area contributed by atoms with Crippen LogP contribution >= 0.6 is 9.19 Å². The number of anilines is 8. The predicted molar refractivity (Wildman–Crippen MR) is 424 cm³/mol. The van der Waals surface area contributed by atoms with Gasteiger partial charge in [0, 0.05) is 67.9 Å². The molecule has 3 heterocycles. The Bertz CT molecular complexity index is 3920. The van der Waals surface area contributed by atoms with E-state index in [1.807, 2.05) is 12.1 Å². The SMILES string of the molecule is CC(C)(C)[O-].CC(C)c1cccc(C(C)C)c1N1[CH-]N(c2c(C(C)C)cccc2C(C)C)c2ccccc21.CC(C)c1cccc(C(C)C)c1N1[CH-]N(c2c(C(C)C)cccc2C(C)C)c2ccccc21.[Au].[Cl][Au].[Na+].c1ccc2c(c1)Cc1ccccc1-2.c1ccc2c(c1)[n-]c1ccccc12. The number of aromatic nitrogens is 1. The van der Waals surface area contributed by atoms with Crippen LogP contribution in [0.1, 0.15) is 235 Å². The summed E-state index contributed by atoms with van der Waals surface area (Å²) >= 11 is 1.75. The number of hydrogen-bond donors (Lipinski definition) is 0. The van der Waals surface area contributed by atoms with Crippen LogP contribution in [0, 0.1) is 13.3 Å². The monoisotopic (exact) mass is 1740 g/mol. The molecule has 0 saturated heterocycles. The van der Waals surface area contributed by atoms with Crippen molar-refractivity contribution in [3.05, 3.63) is 287 Å². The summed E-state index contributed by atoms with van der Waals surface area (Å²) < 4.78 is 0. The smallest absolute Gasteiger partial charge is 0.657 e. The second-order valence-corrected chi connectivity index (χ2v) is 29.8. The third kappa shape index (κ3) is 19.1. The molecule has 0 amide bonds. The Labute approximate surface area is 661 Å². The summed E-state index contributed by atoms with van der Waals surface area (Å²) in [5.74, 6) is 3.57. The summed E-state index contributed by atoms with van der Waals surface area (Å²) in [5, 5.41) is 12.6. The molecule has 0 N–H and O–H groups in total. The van der Waals surface area contributed by atoms with Gasteiger partial charge in [0.15, 0.2) is 0 Å². The fourth-order valence-corrected chi connectivity index (χ4v) is 13.9. The van der Waals surface area contributed by atoms with E-state index in [9.17, 15) is 5.11 Å². The van der Waals surface area contributed by atoms with Gasteiger partial charge in [-0.3, -0.25) is 0 Å². The van der Waals surface area contributed by atoms with Crippen LogP contribution in [0.5, 0.6) is 0 Å². The van der Waals surface area contributed by atoms with Gasteiger partial charge in [0.2, 0.25) is 0 Å². The molecule has 0 bridgehead atoms. The first-order chi connectivity index (χ1) is 47.3. The zero-order valence-electron chi connectivity index (χ0n) is 63.4. The van der Waals surface area contributed by atoms with Crippen LogP contribution in [-0.4, -0.2) is 5.60 Å². The van der Waals surface area contributed by atoms with E-state index in [-0.39, 0.29) is 51.9 Å². The van der Waals surface area contributed by atoms with Crippen molar-refractivity contribution in [2.24, 2.45) is 0 Å². The van der Waals surface area contributed by atoms with Gasteiger partial charge in [-0.15, -0.1) is 30.0 Å². The third-order valence-corrected chi connectivity index (χ3v) is 18.6. The second-order valence-electron chi connectivity index (χ2n) is 29.8. The summed E-state index contributed by atoms with van der Waals surface area (Å²) in [6, 6.07) is 78.8. The minimum absolute atomic E-state index is 0. The molecule has 3 aliphatic rings. The summed E-state index contributed by atoms with van der Waals surface area (Å²) in [6.07, 6.45) is 1.10. The predicted octanol–water partition coefficient (Wildman–Crippen LogP) is 23.2. The van der Waals surface area contributed by atoms with Crippen molar-refractivity contribution in [1.82, 2.24) is 4.98 Å². The average molecular weight is 1740 g/mol. The molecule has 10 aromatic carbocycles. The van der Waals surface area contributed by atoms with E-state index in [0.717, 1.165) is 17.5 Å². The van der Waals surface area contributed by atoms with Gasteiger partial charge in [0.1, 0.15) is 0 Å². The summed E-state index contributed by atoms with van der Waals surface area (Å²) in [4.78, 5) is 14.3. The summed E-state index contributed by atoms with van der Waals surface area (Å²) in [5.41, 5.74) is 28.7. The minimum atomic E-state index is -0.750. The molecule has 11 aromatic rings. The zero-order valence-corrected chi connectivity index (χ0v) is 70.5. The Morgan fingerprint density at radius 3 is 0.752 bits per heavy atom. The fraction of sp³-hybridized carbons (Fsp3) is 0.319. The van der Waals surface area contributed by atoms with Crippen LogP contribution in [0.25, 0.3) is 32.9 Å². The number of nitrogens with zero attached hydrogens (tertiary/aromatic N) is 5. The largest absolute Gasteiger partial charge is 1.00 e. The Morgan fingerprint density at radius 1 is 0.327 bits per heavy atom. The quantitative estimate of drug-likeness (QED) is 0.0897. The number of rotatable bonds is 12. The van der Waals surface area contributed by atoms with E-state index < -0.39 is 5.60 Å². The molecular weight excluding hydrogens is 1630 g/mol. The topological polar surface area (TPSA) is 50.1 Å². The van der Waals surface area contributed by atoms with Gasteiger partial charge in [0.25, 0.3) is 0 Å². The van der Waals surface area contributed by atoms with Crippen molar-refractivity contribution in [3.8, 4) is 11.1 Å². The molecule has 0 atom stereocenters. The Kier molecular flexibility index (Phi) is 30.2. The average Bonchev–Trinajstić information content (AvgIpc) is 1.60. The number of fused-ring (bicyclic) bond motifs is 8. The molecule has 533 valence electrons. The third-order valence-electron chi connectivity index (χ3n) is 18.6. The first-order valence-electron chi connectivity index (χ1n) is 35.8. The van der Waals surface area contributed by atoms with Gasteiger partial charge in [0.05, 0.1) is 0 Å². The van der Waals surface area contributed by atoms with Crippen LogP contribution in [-0.2, 0) is 48.8 Å². The van der Waals surface area contributed by atoms with Crippen molar-refractivity contribution in [1.29, 1.82) is 0 Å². The van der Waals surface area contributed by atoms with E-state index in [1.54, 1.807) is 40.8 Å². The Hall–Kier alpha value is -6.07. The number of para-hydroxylation sites is 10. The summed E-state index contributed by atoms with van der Waals surface area (Å²) in [7, 11) is 4.58. The summed E-state index contributed by atoms with van der Waals surface area (Å²) in [6.45, 7) is 46.4.